The van der Waals surface area contributed by atoms with E-state index in [0.717, 1.165) is 28.7 Å². The number of hydrogen-bond donors (Lipinski definition) is 4. The molecule has 0 radical (unpaired) electrons. The number of ether oxygens (including phenoxy) is 2. The van der Waals surface area contributed by atoms with Gasteiger partial charge in [0.1, 0.15) is 11.8 Å². The van der Waals surface area contributed by atoms with Crippen molar-refractivity contribution >= 4 is 40.1 Å². The van der Waals surface area contributed by atoms with E-state index < -0.39 is 23.8 Å². The van der Waals surface area contributed by atoms with Crippen LogP contribution in [0, 0.1) is 11.8 Å². The van der Waals surface area contributed by atoms with Crippen molar-refractivity contribution in [2.45, 2.75) is 58.1 Å². The van der Waals surface area contributed by atoms with Gasteiger partial charge in [-0.05, 0) is 67.5 Å². The zero-order valence-corrected chi connectivity index (χ0v) is 30.3. The quantitative estimate of drug-likeness (QED) is 0.0803. The number of hydrogen-bond acceptors (Lipinski definition) is 10. The second-order valence-corrected chi connectivity index (χ2v) is 13.5. The van der Waals surface area contributed by atoms with Crippen LogP contribution in [0.4, 0.5) is 5.69 Å². The molecule has 3 heterocycles. The van der Waals surface area contributed by atoms with Gasteiger partial charge in [-0.15, -0.1) is 0 Å². The number of aryl methyl sites for hydroxylation is 1. The second kappa shape index (κ2) is 19.7. The van der Waals surface area contributed by atoms with Crippen molar-refractivity contribution in [3.8, 4) is 0 Å². The standard InChI is InChI=1S/C40H49N7O6/c1-27(2)23-29(25-36(48)37(49)32(41)24-28-9-4-3-5-10-28)38(50)42-17-20-53-22-21-52-19-8-11-30-14-15-31(26-43-30)44-39(51)34-16-18-47-35-13-7-6-12-33(35)45-40(47)46-34/h3-7,9-10,12-16,18,26-27,29,32,37,49H,8,11,17,19-25,41H2,1-2H3,(H,42,50)(H,44,51)/t29-,32-,37+/m1/s1. The number of benzene rings is 2. The molecule has 13 heteroatoms. The fraction of sp³-hybridized carbons (Fsp3) is 0.400. The lowest BCUT2D eigenvalue weighted by molar-refractivity contribution is -0.134. The number of aliphatic hydroxyl groups is 1. The first-order valence-corrected chi connectivity index (χ1v) is 18.1. The molecule has 0 saturated heterocycles. The Kier molecular flexibility index (Phi) is 14.5. The maximum atomic E-state index is 12.9. The molecule has 3 aromatic heterocycles. The van der Waals surface area contributed by atoms with E-state index in [1.807, 2.05) is 85.0 Å². The zero-order valence-electron chi connectivity index (χ0n) is 30.3. The van der Waals surface area contributed by atoms with Crippen LogP contribution in [0.3, 0.4) is 0 Å². The number of para-hydroxylation sites is 2. The number of nitrogens with one attached hydrogen (secondary N) is 2. The molecule has 5 N–H and O–H groups in total. The minimum atomic E-state index is -1.34. The van der Waals surface area contributed by atoms with E-state index >= 15 is 0 Å². The average Bonchev–Trinajstić information content (AvgIpc) is 3.53. The smallest absolute Gasteiger partial charge is 0.274 e. The summed E-state index contributed by atoms with van der Waals surface area (Å²) in [7, 11) is 0. The van der Waals surface area contributed by atoms with Gasteiger partial charge in [-0.2, -0.15) is 0 Å². The Morgan fingerprint density at radius 2 is 1.66 bits per heavy atom. The van der Waals surface area contributed by atoms with Gasteiger partial charge in [0.2, 0.25) is 11.7 Å². The van der Waals surface area contributed by atoms with Crippen molar-refractivity contribution in [2.75, 3.05) is 38.3 Å². The Balaban J connectivity index is 0.926. The molecule has 2 amide bonds. The van der Waals surface area contributed by atoms with Crippen molar-refractivity contribution in [2.24, 2.45) is 17.6 Å². The van der Waals surface area contributed by atoms with E-state index in [4.69, 9.17) is 15.2 Å². The van der Waals surface area contributed by atoms with E-state index in [0.29, 0.717) is 63.7 Å². The van der Waals surface area contributed by atoms with E-state index in [-0.39, 0.29) is 29.8 Å². The molecular weight excluding hydrogens is 674 g/mol. The fourth-order valence-corrected chi connectivity index (χ4v) is 6.04. The normalized spacial score (nSPS) is 13.2. The summed E-state index contributed by atoms with van der Waals surface area (Å²) >= 11 is 0. The molecule has 3 atom stereocenters. The van der Waals surface area contributed by atoms with Crippen molar-refractivity contribution in [3.63, 3.8) is 0 Å². The molecular formula is C40H49N7O6. The van der Waals surface area contributed by atoms with E-state index in [9.17, 15) is 19.5 Å². The highest BCUT2D eigenvalue weighted by Crippen LogP contribution is 2.19. The molecule has 53 heavy (non-hydrogen) atoms. The van der Waals surface area contributed by atoms with Crippen LogP contribution >= 0.6 is 0 Å². The first-order valence-electron chi connectivity index (χ1n) is 18.1. The monoisotopic (exact) mass is 723 g/mol. The van der Waals surface area contributed by atoms with Crippen LogP contribution in [-0.2, 0) is 31.9 Å². The number of imidazole rings is 1. The molecule has 0 fully saturated rings. The third kappa shape index (κ3) is 11.7. The fourth-order valence-electron chi connectivity index (χ4n) is 6.04. The molecule has 0 saturated carbocycles. The number of aliphatic hydroxyl groups excluding tert-OH is 1. The highest BCUT2D eigenvalue weighted by atomic mass is 16.5. The zero-order chi connectivity index (χ0) is 37.6. The summed E-state index contributed by atoms with van der Waals surface area (Å²) in [4.78, 5) is 52.0. The number of carbonyl (C=O) groups excluding carboxylic acids is 3. The number of carbonyl (C=O) groups is 3. The van der Waals surface area contributed by atoms with Crippen LogP contribution in [0.15, 0.2) is 85.2 Å². The first-order chi connectivity index (χ1) is 25.7. The molecule has 0 bridgehead atoms. The number of anilines is 1. The SMILES string of the molecule is CC(C)C[C@H](CC(=O)[C@@H](O)[C@H](N)Cc1ccccc1)C(=O)NCCOCCOCCCc1ccc(NC(=O)c2ccn3c(n2)nc2ccccc23)cn1. The number of pyridine rings is 1. The molecule has 0 unspecified atom stereocenters. The van der Waals surface area contributed by atoms with Crippen molar-refractivity contribution < 1.29 is 29.0 Å². The lowest BCUT2D eigenvalue weighted by atomic mass is 9.88. The van der Waals surface area contributed by atoms with Gasteiger partial charge >= 0.3 is 0 Å². The van der Waals surface area contributed by atoms with Crippen LogP contribution in [0.5, 0.6) is 0 Å². The average molecular weight is 724 g/mol. The molecule has 280 valence electrons. The number of Topliss-reactive ketones (excluding diaryl/α,β-unsaturated/α-hetero) is 1. The Morgan fingerprint density at radius 3 is 2.42 bits per heavy atom. The number of nitrogens with two attached hydrogens (primary N) is 1. The maximum absolute atomic E-state index is 12.9. The number of ketones is 1. The predicted molar refractivity (Wildman–Crippen MR) is 202 cm³/mol. The van der Waals surface area contributed by atoms with Crippen molar-refractivity contribution in [1.82, 2.24) is 24.7 Å². The summed E-state index contributed by atoms with van der Waals surface area (Å²) in [5, 5.41) is 16.3. The Bertz CT molecular complexity index is 1930. The van der Waals surface area contributed by atoms with Gasteiger partial charge in [0, 0.05) is 43.4 Å². The van der Waals surface area contributed by atoms with Crippen molar-refractivity contribution in [3.05, 3.63) is 102 Å². The minimum absolute atomic E-state index is 0.0707. The topological polar surface area (TPSA) is 183 Å². The number of rotatable bonds is 21. The molecule has 0 spiro atoms. The van der Waals surface area contributed by atoms with Crippen LogP contribution in [-0.4, -0.2) is 87.2 Å². The van der Waals surface area contributed by atoms with Gasteiger partial charge in [-0.1, -0.05) is 56.3 Å². The molecule has 2 aromatic carbocycles. The lowest BCUT2D eigenvalue weighted by Crippen LogP contribution is -2.44. The number of aromatic nitrogens is 4. The van der Waals surface area contributed by atoms with E-state index in [1.165, 1.54) is 0 Å². The van der Waals surface area contributed by atoms with E-state index in [2.05, 4.69) is 25.6 Å². The van der Waals surface area contributed by atoms with Gasteiger partial charge in [0.05, 0.1) is 42.7 Å². The Hall–Kier alpha value is -5.08. The number of fused-ring (bicyclic) bond motifs is 3. The highest BCUT2D eigenvalue weighted by Gasteiger charge is 2.29. The second-order valence-electron chi connectivity index (χ2n) is 13.5. The molecule has 0 aliphatic heterocycles. The van der Waals surface area contributed by atoms with Gasteiger partial charge in [-0.25, -0.2) is 9.97 Å². The summed E-state index contributed by atoms with van der Waals surface area (Å²) in [6.07, 6.45) is 4.36. The molecule has 5 aromatic rings. The predicted octanol–water partition coefficient (Wildman–Crippen LogP) is 4.16. The van der Waals surface area contributed by atoms with Gasteiger partial charge in [0.15, 0.2) is 5.78 Å². The first kappa shape index (κ1) is 39.1. The molecule has 0 aliphatic rings. The summed E-state index contributed by atoms with van der Waals surface area (Å²) in [5.74, 6) is -0.909. The van der Waals surface area contributed by atoms with Crippen LogP contribution in [0.1, 0.15) is 54.9 Å². The molecule has 0 aliphatic carbocycles. The van der Waals surface area contributed by atoms with E-state index in [1.54, 1.807) is 18.5 Å². The minimum Gasteiger partial charge on any atom is -0.384 e. The third-order valence-electron chi connectivity index (χ3n) is 8.76. The Labute approximate surface area is 309 Å². The summed E-state index contributed by atoms with van der Waals surface area (Å²) in [5.41, 5.74) is 10.5. The van der Waals surface area contributed by atoms with Gasteiger partial charge < -0.3 is 30.9 Å². The number of nitrogens with zero attached hydrogens (tertiary/aromatic N) is 4. The Morgan fingerprint density at radius 1 is 0.906 bits per heavy atom. The number of amides is 2. The largest absolute Gasteiger partial charge is 0.384 e. The molecule has 13 nitrogen and oxygen atoms in total. The van der Waals surface area contributed by atoms with Crippen LogP contribution < -0.4 is 16.4 Å². The summed E-state index contributed by atoms with van der Waals surface area (Å²) in [6, 6.07) is 21.8. The third-order valence-corrected chi connectivity index (χ3v) is 8.76. The highest BCUT2D eigenvalue weighted by molar-refractivity contribution is 6.03. The lowest BCUT2D eigenvalue weighted by Gasteiger charge is -2.22. The summed E-state index contributed by atoms with van der Waals surface area (Å²) in [6.45, 7) is 5.90. The van der Waals surface area contributed by atoms with Crippen molar-refractivity contribution in [1.29, 1.82) is 0 Å². The molecule has 5 rings (SSSR count). The maximum Gasteiger partial charge on any atom is 0.274 e. The van der Waals surface area contributed by atoms with Crippen LogP contribution in [0.25, 0.3) is 16.8 Å². The summed E-state index contributed by atoms with van der Waals surface area (Å²) < 4.78 is 13.1. The van der Waals surface area contributed by atoms with Gasteiger partial charge in [0.25, 0.3) is 5.91 Å². The van der Waals surface area contributed by atoms with Gasteiger partial charge in [-0.3, -0.25) is 23.8 Å². The van der Waals surface area contributed by atoms with Crippen LogP contribution in [0.2, 0.25) is 0 Å².